The molecule has 1 amide bonds. The molecular formula is C17H17BrN2O. The van der Waals surface area contributed by atoms with Crippen molar-refractivity contribution in [3.05, 3.63) is 69.7 Å². The van der Waals surface area contributed by atoms with E-state index in [0.717, 1.165) is 10.0 Å². The molecule has 0 aromatic heterocycles. The second-order valence-corrected chi connectivity index (χ2v) is 5.85. The van der Waals surface area contributed by atoms with Crippen molar-refractivity contribution in [2.75, 3.05) is 0 Å². The Hall–Kier alpha value is -1.94. The summed E-state index contributed by atoms with van der Waals surface area (Å²) in [6.07, 6.45) is 1.64. The fraction of sp³-hybridized carbons (Fsp3) is 0.176. The molecule has 2 rings (SSSR count). The van der Waals surface area contributed by atoms with Crippen LogP contribution in [0.4, 0.5) is 0 Å². The van der Waals surface area contributed by atoms with Gasteiger partial charge < -0.3 is 0 Å². The van der Waals surface area contributed by atoms with Crippen LogP contribution in [0, 0.1) is 0 Å². The minimum absolute atomic E-state index is 0.238. The van der Waals surface area contributed by atoms with Crippen LogP contribution in [0.25, 0.3) is 0 Å². The molecule has 0 aliphatic carbocycles. The molecule has 0 unspecified atom stereocenters. The van der Waals surface area contributed by atoms with E-state index in [-0.39, 0.29) is 5.91 Å². The Kier molecular flexibility index (Phi) is 5.28. The van der Waals surface area contributed by atoms with Gasteiger partial charge in [0, 0.05) is 4.47 Å². The number of rotatable bonds is 4. The summed E-state index contributed by atoms with van der Waals surface area (Å²) in [5, 5.41) is 3.99. The third-order valence-electron chi connectivity index (χ3n) is 3.10. The van der Waals surface area contributed by atoms with Gasteiger partial charge >= 0.3 is 0 Å². The van der Waals surface area contributed by atoms with Crippen molar-refractivity contribution < 1.29 is 4.79 Å². The van der Waals surface area contributed by atoms with Gasteiger partial charge in [0.2, 0.25) is 0 Å². The summed E-state index contributed by atoms with van der Waals surface area (Å²) >= 11 is 3.34. The molecule has 0 atom stereocenters. The van der Waals surface area contributed by atoms with Crippen molar-refractivity contribution in [1.82, 2.24) is 5.43 Å². The van der Waals surface area contributed by atoms with Gasteiger partial charge in [-0.2, -0.15) is 5.10 Å². The molecule has 1 N–H and O–H groups in total. The first-order chi connectivity index (χ1) is 10.1. The Morgan fingerprint density at radius 2 is 1.81 bits per heavy atom. The Labute approximate surface area is 133 Å². The van der Waals surface area contributed by atoms with Gasteiger partial charge in [-0.25, -0.2) is 5.43 Å². The SMILES string of the molecule is CC(C)c1ccc(C=NNC(=O)c2ccccc2Br)cc1. The first kappa shape index (κ1) is 15.4. The quantitative estimate of drug-likeness (QED) is 0.650. The van der Waals surface area contributed by atoms with Gasteiger partial charge in [-0.05, 0) is 45.1 Å². The molecular weight excluding hydrogens is 328 g/mol. The maximum atomic E-state index is 11.9. The Morgan fingerprint density at radius 3 is 2.43 bits per heavy atom. The van der Waals surface area contributed by atoms with Crippen molar-refractivity contribution >= 4 is 28.1 Å². The van der Waals surface area contributed by atoms with Crippen molar-refractivity contribution in [3.8, 4) is 0 Å². The molecule has 108 valence electrons. The van der Waals surface area contributed by atoms with Gasteiger partial charge in [-0.1, -0.05) is 50.2 Å². The highest BCUT2D eigenvalue weighted by molar-refractivity contribution is 9.10. The lowest BCUT2D eigenvalue weighted by Gasteiger charge is -2.04. The Morgan fingerprint density at radius 1 is 1.14 bits per heavy atom. The zero-order chi connectivity index (χ0) is 15.2. The minimum Gasteiger partial charge on any atom is -0.267 e. The number of carbonyl (C=O) groups excluding carboxylic acids is 1. The normalized spacial score (nSPS) is 11.0. The molecule has 2 aromatic rings. The van der Waals surface area contributed by atoms with Gasteiger partial charge in [0.05, 0.1) is 11.8 Å². The number of nitrogens with one attached hydrogen (secondary N) is 1. The van der Waals surface area contributed by atoms with Gasteiger partial charge in [-0.15, -0.1) is 0 Å². The molecule has 0 saturated heterocycles. The summed E-state index contributed by atoms with van der Waals surface area (Å²) < 4.78 is 0.749. The van der Waals surface area contributed by atoms with E-state index in [1.54, 1.807) is 12.3 Å². The fourth-order valence-corrected chi connectivity index (χ4v) is 2.30. The third kappa shape index (κ3) is 4.26. The van der Waals surface area contributed by atoms with Crippen LogP contribution in [0.3, 0.4) is 0 Å². The Bertz CT molecular complexity index is 648. The van der Waals surface area contributed by atoms with Gasteiger partial charge in [0.15, 0.2) is 0 Å². The number of nitrogens with zero attached hydrogens (tertiary/aromatic N) is 1. The van der Waals surface area contributed by atoms with Crippen molar-refractivity contribution in [2.45, 2.75) is 19.8 Å². The predicted octanol–water partition coefficient (Wildman–Crippen LogP) is 4.34. The van der Waals surface area contributed by atoms with Crippen LogP contribution in [0.2, 0.25) is 0 Å². The van der Waals surface area contributed by atoms with Crippen LogP contribution in [0.1, 0.15) is 41.3 Å². The molecule has 0 spiro atoms. The summed E-state index contributed by atoms with van der Waals surface area (Å²) in [5.41, 5.74) is 5.32. The van der Waals surface area contributed by atoms with E-state index in [1.807, 2.05) is 30.3 Å². The van der Waals surface area contributed by atoms with Crippen molar-refractivity contribution in [1.29, 1.82) is 0 Å². The molecule has 0 bridgehead atoms. The lowest BCUT2D eigenvalue weighted by molar-refractivity contribution is 0.0954. The van der Waals surface area contributed by atoms with E-state index in [1.165, 1.54) is 5.56 Å². The standard InChI is InChI=1S/C17H17BrN2O/c1-12(2)14-9-7-13(8-10-14)11-19-20-17(21)15-5-3-4-6-16(15)18/h3-12H,1-2H3,(H,20,21). The molecule has 0 heterocycles. The largest absolute Gasteiger partial charge is 0.272 e. The topological polar surface area (TPSA) is 41.5 Å². The van der Waals surface area contributed by atoms with Gasteiger partial charge in [0.25, 0.3) is 5.91 Å². The van der Waals surface area contributed by atoms with Crippen LogP contribution in [-0.2, 0) is 0 Å². The molecule has 0 aliphatic heterocycles. The molecule has 0 saturated carbocycles. The lowest BCUT2D eigenvalue weighted by Crippen LogP contribution is -2.18. The maximum Gasteiger partial charge on any atom is 0.272 e. The van der Waals surface area contributed by atoms with Gasteiger partial charge in [0.1, 0.15) is 0 Å². The number of hydrazone groups is 1. The first-order valence-electron chi connectivity index (χ1n) is 6.76. The number of hydrogen-bond donors (Lipinski definition) is 1. The molecule has 3 nitrogen and oxygen atoms in total. The summed E-state index contributed by atoms with van der Waals surface area (Å²) in [5.74, 6) is 0.267. The monoisotopic (exact) mass is 344 g/mol. The van der Waals surface area contributed by atoms with E-state index in [0.29, 0.717) is 11.5 Å². The van der Waals surface area contributed by atoms with Gasteiger partial charge in [-0.3, -0.25) is 4.79 Å². The average Bonchev–Trinajstić information content (AvgIpc) is 2.48. The zero-order valence-electron chi connectivity index (χ0n) is 12.0. The van der Waals surface area contributed by atoms with E-state index in [4.69, 9.17) is 0 Å². The third-order valence-corrected chi connectivity index (χ3v) is 3.79. The molecule has 0 aliphatic rings. The smallest absolute Gasteiger partial charge is 0.267 e. The number of carbonyl (C=O) groups is 1. The van der Waals surface area contributed by atoms with E-state index >= 15 is 0 Å². The molecule has 4 heteroatoms. The predicted molar refractivity (Wildman–Crippen MR) is 89.7 cm³/mol. The van der Waals surface area contributed by atoms with Crippen molar-refractivity contribution in [3.63, 3.8) is 0 Å². The minimum atomic E-state index is -0.238. The molecule has 0 radical (unpaired) electrons. The zero-order valence-corrected chi connectivity index (χ0v) is 13.6. The molecule has 0 fully saturated rings. The van der Waals surface area contributed by atoms with Crippen LogP contribution >= 0.6 is 15.9 Å². The van der Waals surface area contributed by atoms with Crippen LogP contribution < -0.4 is 5.43 Å². The lowest BCUT2D eigenvalue weighted by atomic mass is 10.0. The molecule has 21 heavy (non-hydrogen) atoms. The first-order valence-corrected chi connectivity index (χ1v) is 7.55. The maximum absolute atomic E-state index is 11.9. The number of hydrogen-bond acceptors (Lipinski definition) is 2. The Balaban J connectivity index is 1.99. The average molecular weight is 345 g/mol. The van der Waals surface area contributed by atoms with Crippen molar-refractivity contribution in [2.24, 2.45) is 5.10 Å². The molecule has 2 aromatic carbocycles. The van der Waals surface area contributed by atoms with Crippen LogP contribution in [0.5, 0.6) is 0 Å². The summed E-state index contributed by atoms with van der Waals surface area (Å²) in [6, 6.07) is 15.4. The summed E-state index contributed by atoms with van der Waals surface area (Å²) in [4.78, 5) is 11.9. The second kappa shape index (κ2) is 7.18. The van der Waals surface area contributed by atoms with E-state index in [2.05, 4.69) is 52.4 Å². The van der Waals surface area contributed by atoms with Crippen LogP contribution in [0.15, 0.2) is 58.1 Å². The second-order valence-electron chi connectivity index (χ2n) is 5.00. The fourth-order valence-electron chi connectivity index (χ4n) is 1.84. The summed E-state index contributed by atoms with van der Waals surface area (Å²) in [7, 11) is 0. The number of benzene rings is 2. The van der Waals surface area contributed by atoms with E-state index < -0.39 is 0 Å². The van der Waals surface area contributed by atoms with Crippen LogP contribution in [-0.4, -0.2) is 12.1 Å². The highest BCUT2D eigenvalue weighted by Crippen LogP contribution is 2.15. The highest BCUT2D eigenvalue weighted by Gasteiger charge is 2.07. The highest BCUT2D eigenvalue weighted by atomic mass is 79.9. The number of halogens is 1. The summed E-state index contributed by atoms with van der Waals surface area (Å²) in [6.45, 7) is 4.31. The number of amides is 1. The van der Waals surface area contributed by atoms with E-state index in [9.17, 15) is 4.79 Å².